The van der Waals surface area contributed by atoms with Gasteiger partial charge < -0.3 is 15.5 Å². The third-order valence-electron chi connectivity index (χ3n) is 4.04. The minimum Gasteiger partial charge on any atom is -0.508 e. The minimum atomic E-state index is -1.31. The highest BCUT2D eigenvalue weighted by molar-refractivity contribution is 8.18. The molecule has 1 saturated heterocycles. The molecule has 3 amide bonds. The Balaban J connectivity index is 1.63. The number of imide groups is 1. The van der Waals surface area contributed by atoms with Gasteiger partial charge in [0, 0.05) is 13.0 Å². The molecule has 2 aromatic carbocycles. The Hall–Kier alpha value is -3.59. The van der Waals surface area contributed by atoms with E-state index < -0.39 is 23.0 Å². The monoisotopic (exact) mass is 412 g/mol. The highest BCUT2D eigenvalue weighted by Crippen LogP contribution is 2.32. The zero-order chi connectivity index (χ0) is 21.0. The van der Waals surface area contributed by atoms with E-state index in [2.05, 4.69) is 5.32 Å². The molecule has 0 spiro atoms. The standard InChI is InChI=1S/C20H16N2O6S/c23-13-6-7-15(14(11-13)19(26)27)21-17(24)8-9-22-18(25)16(29-20(22)28)10-12-4-2-1-3-5-12/h1-7,10-11,23H,8-9H2,(H,21,24)(H,26,27). The third kappa shape index (κ3) is 4.82. The zero-order valence-corrected chi connectivity index (χ0v) is 15.8. The van der Waals surface area contributed by atoms with Gasteiger partial charge >= 0.3 is 5.97 Å². The maximum absolute atomic E-state index is 12.5. The molecular formula is C20H16N2O6S. The van der Waals surface area contributed by atoms with Gasteiger partial charge in [0.2, 0.25) is 5.91 Å². The molecule has 0 radical (unpaired) electrons. The Bertz CT molecular complexity index is 1020. The van der Waals surface area contributed by atoms with E-state index >= 15 is 0 Å². The summed E-state index contributed by atoms with van der Waals surface area (Å²) in [4.78, 5) is 49.2. The normalized spacial score (nSPS) is 15.0. The highest BCUT2D eigenvalue weighted by atomic mass is 32.2. The molecule has 1 aliphatic heterocycles. The van der Waals surface area contributed by atoms with E-state index in [0.717, 1.165) is 28.3 Å². The second-order valence-corrected chi connectivity index (χ2v) is 7.07. The SMILES string of the molecule is O=C(CCN1C(=O)SC(=Cc2ccccc2)C1=O)Nc1ccc(O)cc1C(=O)O. The van der Waals surface area contributed by atoms with Crippen molar-refractivity contribution in [2.75, 3.05) is 11.9 Å². The Morgan fingerprint density at radius 2 is 1.83 bits per heavy atom. The molecule has 148 valence electrons. The Morgan fingerprint density at radius 1 is 1.10 bits per heavy atom. The van der Waals surface area contributed by atoms with Crippen molar-refractivity contribution in [1.29, 1.82) is 0 Å². The van der Waals surface area contributed by atoms with Crippen molar-refractivity contribution in [2.45, 2.75) is 6.42 Å². The fourth-order valence-corrected chi connectivity index (χ4v) is 3.50. The smallest absolute Gasteiger partial charge is 0.337 e. The van der Waals surface area contributed by atoms with Gasteiger partial charge in [-0.1, -0.05) is 30.3 Å². The molecule has 0 atom stereocenters. The number of anilines is 1. The average Bonchev–Trinajstić information content (AvgIpc) is 2.95. The lowest BCUT2D eigenvalue weighted by Crippen LogP contribution is -2.31. The van der Waals surface area contributed by atoms with Crippen molar-refractivity contribution >= 4 is 46.5 Å². The van der Waals surface area contributed by atoms with Gasteiger partial charge in [0.05, 0.1) is 16.2 Å². The summed E-state index contributed by atoms with van der Waals surface area (Å²) in [5.41, 5.74) is 0.526. The summed E-state index contributed by atoms with van der Waals surface area (Å²) in [6.45, 7) is -0.136. The lowest BCUT2D eigenvalue weighted by Gasteiger charge is -2.13. The summed E-state index contributed by atoms with van der Waals surface area (Å²) >= 11 is 0.802. The number of nitrogens with zero attached hydrogens (tertiary/aromatic N) is 1. The third-order valence-corrected chi connectivity index (χ3v) is 4.95. The first kappa shape index (κ1) is 20.2. The van der Waals surface area contributed by atoms with Crippen LogP contribution in [0, 0.1) is 0 Å². The Labute approximate surface area is 169 Å². The van der Waals surface area contributed by atoms with Gasteiger partial charge in [-0.25, -0.2) is 4.79 Å². The van der Waals surface area contributed by atoms with Crippen LogP contribution in [0.25, 0.3) is 6.08 Å². The second-order valence-electron chi connectivity index (χ2n) is 6.08. The van der Waals surface area contributed by atoms with Crippen LogP contribution in [-0.4, -0.2) is 44.7 Å². The van der Waals surface area contributed by atoms with Crippen LogP contribution in [0.3, 0.4) is 0 Å². The molecule has 0 bridgehead atoms. The topological polar surface area (TPSA) is 124 Å². The minimum absolute atomic E-state index is 0.0124. The van der Waals surface area contributed by atoms with E-state index in [1.807, 2.05) is 18.2 Å². The average molecular weight is 412 g/mol. The number of hydrogen-bond donors (Lipinski definition) is 3. The molecular weight excluding hydrogens is 396 g/mol. The van der Waals surface area contributed by atoms with Crippen LogP contribution in [0.4, 0.5) is 10.5 Å². The molecule has 1 fully saturated rings. The first-order chi connectivity index (χ1) is 13.8. The maximum atomic E-state index is 12.5. The number of hydrogen-bond acceptors (Lipinski definition) is 6. The van der Waals surface area contributed by atoms with E-state index in [1.54, 1.807) is 18.2 Å². The van der Waals surface area contributed by atoms with E-state index in [9.17, 15) is 24.3 Å². The van der Waals surface area contributed by atoms with Crippen LogP contribution >= 0.6 is 11.8 Å². The fraction of sp³-hybridized carbons (Fsp3) is 0.100. The van der Waals surface area contributed by atoms with Gasteiger partial charge in [-0.15, -0.1) is 0 Å². The van der Waals surface area contributed by atoms with Crippen molar-refractivity contribution in [2.24, 2.45) is 0 Å². The number of carboxylic acid groups (broad SMARTS) is 1. The number of phenolic OH excluding ortho intramolecular Hbond substituents is 1. The second kappa shape index (κ2) is 8.61. The molecule has 3 rings (SSSR count). The number of benzene rings is 2. The molecule has 0 saturated carbocycles. The fourth-order valence-electron chi connectivity index (χ4n) is 2.64. The molecule has 0 unspecified atom stereocenters. The van der Waals surface area contributed by atoms with E-state index in [-0.39, 0.29) is 34.9 Å². The highest BCUT2D eigenvalue weighted by Gasteiger charge is 2.35. The van der Waals surface area contributed by atoms with E-state index in [0.29, 0.717) is 0 Å². The number of nitrogens with one attached hydrogen (secondary N) is 1. The van der Waals surface area contributed by atoms with Crippen molar-refractivity contribution in [1.82, 2.24) is 4.90 Å². The summed E-state index contributed by atoms with van der Waals surface area (Å²) in [7, 11) is 0. The number of rotatable bonds is 6. The molecule has 0 aliphatic carbocycles. The van der Waals surface area contributed by atoms with Gasteiger partial charge in [0.25, 0.3) is 11.1 Å². The number of amides is 3. The number of phenols is 1. The summed E-state index contributed by atoms with van der Waals surface area (Å²) < 4.78 is 0. The number of carbonyl (C=O) groups is 4. The summed E-state index contributed by atoms with van der Waals surface area (Å²) in [6.07, 6.45) is 1.41. The van der Waals surface area contributed by atoms with Crippen molar-refractivity contribution < 1.29 is 29.4 Å². The van der Waals surface area contributed by atoms with Crippen molar-refractivity contribution in [3.05, 3.63) is 64.6 Å². The number of thioether (sulfide) groups is 1. The number of carbonyl (C=O) groups excluding carboxylic acids is 3. The Kier molecular flexibility index (Phi) is 5.99. The van der Waals surface area contributed by atoms with Crippen molar-refractivity contribution in [3.8, 4) is 5.75 Å². The van der Waals surface area contributed by atoms with Crippen molar-refractivity contribution in [3.63, 3.8) is 0 Å². The number of aromatic hydroxyl groups is 1. The number of carboxylic acids is 1. The molecule has 1 aliphatic rings. The summed E-state index contributed by atoms with van der Waals surface area (Å²) in [5.74, 6) is -2.60. The predicted octanol–water partition coefficient (Wildman–Crippen LogP) is 3.16. The van der Waals surface area contributed by atoms with Crippen LogP contribution in [0.5, 0.6) is 5.75 Å². The molecule has 29 heavy (non-hydrogen) atoms. The van der Waals surface area contributed by atoms with Gasteiger partial charge in [0.15, 0.2) is 0 Å². The van der Waals surface area contributed by atoms with Crippen LogP contribution in [0.15, 0.2) is 53.4 Å². The molecule has 8 nitrogen and oxygen atoms in total. The molecule has 9 heteroatoms. The first-order valence-electron chi connectivity index (χ1n) is 8.52. The van der Waals surface area contributed by atoms with Gasteiger partial charge in [-0.3, -0.25) is 19.3 Å². The maximum Gasteiger partial charge on any atom is 0.337 e. The summed E-state index contributed by atoms with van der Waals surface area (Å²) in [5, 5.41) is 20.5. The molecule has 1 heterocycles. The van der Waals surface area contributed by atoms with Gasteiger partial charge in [-0.2, -0.15) is 0 Å². The van der Waals surface area contributed by atoms with Crippen LogP contribution < -0.4 is 5.32 Å². The Morgan fingerprint density at radius 3 is 2.52 bits per heavy atom. The zero-order valence-electron chi connectivity index (χ0n) is 15.0. The van der Waals surface area contributed by atoms with Gasteiger partial charge in [-0.05, 0) is 41.6 Å². The molecule has 3 N–H and O–H groups in total. The van der Waals surface area contributed by atoms with Crippen LogP contribution in [-0.2, 0) is 9.59 Å². The predicted molar refractivity (Wildman–Crippen MR) is 107 cm³/mol. The summed E-state index contributed by atoms with van der Waals surface area (Å²) in [6, 6.07) is 12.6. The molecule has 2 aromatic rings. The van der Waals surface area contributed by atoms with Crippen LogP contribution in [0.2, 0.25) is 0 Å². The quantitative estimate of drug-likeness (QED) is 0.492. The van der Waals surface area contributed by atoms with E-state index in [4.69, 9.17) is 5.11 Å². The lowest BCUT2D eigenvalue weighted by atomic mass is 10.1. The van der Waals surface area contributed by atoms with E-state index in [1.165, 1.54) is 12.1 Å². The molecule has 0 aromatic heterocycles. The largest absolute Gasteiger partial charge is 0.508 e. The van der Waals surface area contributed by atoms with Crippen LogP contribution in [0.1, 0.15) is 22.3 Å². The number of aromatic carboxylic acids is 1. The lowest BCUT2D eigenvalue weighted by molar-refractivity contribution is -0.123. The first-order valence-corrected chi connectivity index (χ1v) is 9.33. The van der Waals surface area contributed by atoms with Gasteiger partial charge in [0.1, 0.15) is 5.75 Å².